The van der Waals surface area contributed by atoms with Gasteiger partial charge in [0.1, 0.15) is 0 Å². The number of unbranched alkanes of at least 4 members (excludes halogenated alkanes) is 1. The highest BCUT2D eigenvalue weighted by atomic mass is 16.7. The molecule has 27 heavy (non-hydrogen) atoms. The molecule has 2 rings (SSSR count). The van der Waals surface area contributed by atoms with Crippen LogP contribution in [0.25, 0.3) is 0 Å². The molecule has 0 spiro atoms. The normalized spacial score (nSPS) is 11.9. The quantitative estimate of drug-likeness (QED) is 0.359. The number of rotatable bonds is 11. The van der Waals surface area contributed by atoms with E-state index in [1.165, 1.54) is 22.3 Å². The maximum Gasteiger partial charge on any atom is 0.505 e. The molecule has 0 aromatic heterocycles. The maximum atomic E-state index is 10.5. The molecule has 0 aliphatic rings. The first kappa shape index (κ1) is 21.0. The van der Waals surface area contributed by atoms with Crippen LogP contribution in [-0.2, 0) is 17.6 Å². The van der Waals surface area contributed by atoms with Crippen LogP contribution >= 0.6 is 0 Å². The van der Waals surface area contributed by atoms with Crippen LogP contribution in [0.4, 0.5) is 4.79 Å². The van der Waals surface area contributed by atoms with Gasteiger partial charge in [0.15, 0.2) is 0 Å². The fourth-order valence-corrected chi connectivity index (χ4v) is 3.84. The minimum atomic E-state index is -1.19. The van der Waals surface area contributed by atoms with Gasteiger partial charge in [-0.3, -0.25) is 0 Å². The summed E-state index contributed by atoms with van der Waals surface area (Å²) in [6.07, 6.45) is 6.04. The zero-order valence-electron chi connectivity index (χ0n) is 16.6. The lowest BCUT2D eigenvalue weighted by Gasteiger charge is -2.23. The second-order valence-corrected chi connectivity index (χ2v) is 7.06. The van der Waals surface area contributed by atoms with Crippen molar-refractivity contribution in [1.82, 2.24) is 0 Å². The van der Waals surface area contributed by atoms with Crippen molar-refractivity contribution in [3.63, 3.8) is 0 Å². The molecule has 0 amide bonds. The van der Waals surface area contributed by atoms with E-state index in [0.717, 1.165) is 44.9 Å². The first-order valence-corrected chi connectivity index (χ1v) is 10.2. The third-order valence-electron chi connectivity index (χ3n) is 5.02. The zero-order valence-corrected chi connectivity index (χ0v) is 16.6. The number of aryl methyl sites for hydroxylation is 1. The van der Waals surface area contributed by atoms with Gasteiger partial charge in [-0.15, -0.1) is 0 Å². The van der Waals surface area contributed by atoms with Crippen molar-refractivity contribution in [2.24, 2.45) is 0 Å². The lowest BCUT2D eigenvalue weighted by atomic mass is 9.81. The summed E-state index contributed by atoms with van der Waals surface area (Å²) in [5.41, 5.74) is 5.76. The molecule has 3 nitrogen and oxygen atoms in total. The van der Waals surface area contributed by atoms with Crippen molar-refractivity contribution < 1.29 is 14.6 Å². The minimum absolute atomic E-state index is 0.272. The van der Waals surface area contributed by atoms with E-state index in [2.05, 4.69) is 67.1 Å². The lowest BCUT2D eigenvalue weighted by molar-refractivity contribution is 0.0899. The molecule has 1 unspecified atom stereocenters. The molecule has 0 bridgehead atoms. The summed E-state index contributed by atoms with van der Waals surface area (Å²) >= 11 is 0. The number of hydrogen-bond donors (Lipinski definition) is 1. The van der Waals surface area contributed by atoms with Crippen LogP contribution < -0.4 is 0 Å². The Morgan fingerprint density at radius 2 is 1.70 bits per heavy atom. The largest absolute Gasteiger partial charge is 0.505 e. The molecule has 0 fully saturated rings. The van der Waals surface area contributed by atoms with Crippen LogP contribution in [0.1, 0.15) is 74.1 Å². The van der Waals surface area contributed by atoms with Gasteiger partial charge in [0, 0.05) is 5.92 Å². The molecule has 2 aromatic carbocycles. The standard InChI is InChI=1S/C24H32O3/c1-3-11-19-15-10-17-23(21(19)12-4-2)22(20-13-6-5-7-14-20)16-8-9-18-27-24(25)26/h5-7,10,13-15,17,22H,3-4,8-9,11-12,16,18H2,1-2H3,(H,25,26). The maximum absolute atomic E-state index is 10.5. The van der Waals surface area contributed by atoms with E-state index in [9.17, 15) is 4.79 Å². The van der Waals surface area contributed by atoms with Crippen LogP contribution in [0, 0.1) is 0 Å². The third-order valence-corrected chi connectivity index (χ3v) is 5.02. The molecule has 0 saturated carbocycles. The molecule has 0 aliphatic heterocycles. The second-order valence-electron chi connectivity index (χ2n) is 7.06. The summed E-state index contributed by atoms with van der Waals surface area (Å²) in [6, 6.07) is 17.4. The Bertz CT molecular complexity index is 694. The monoisotopic (exact) mass is 368 g/mol. The van der Waals surface area contributed by atoms with Gasteiger partial charge in [-0.25, -0.2) is 4.79 Å². The predicted molar refractivity (Wildman–Crippen MR) is 111 cm³/mol. The molecule has 0 aliphatic carbocycles. The van der Waals surface area contributed by atoms with E-state index in [1.54, 1.807) is 0 Å². The third kappa shape index (κ3) is 6.42. The van der Waals surface area contributed by atoms with Crippen LogP contribution in [0.15, 0.2) is 48.5 Å². The van der Waals surface area contributed by atoms with Crippen molar-refractivity contribution in [3.05, 3.63) is 70.8 Å². The summed E-state index contributed by atoms with van der Waals surface area (Å²) in [7, 11) is 0. The molecule has 2 aromatic rings. The predicted octanol–water partition coefficient (Wildman–Crippen LogP) is 6.59. The summed E-state index contributed by atoms with van der Waals surface area (Å²) in [5.74, 6) is 0.342. The summed E-state index contributed by atoms with van der Waals surface area (Å²) in [5, 5.41) is 8.63. The number of ether oxygens (including phenoxy) is 1. The first-order chi connectivity index (χ1) is 13.2. The molecule has 3 heteroatoms. The average Bonchev–Trinajstić information content (AvgIpc) is 2.67. The van der Waals surface area contributed by atoms with Crippen molar-refractivity contribution in [1.29, 1.82) is 0 Å². The van der Waals surface area contributed by atoms with E-state index in [1.807, 2.05) is 0 Å². The van der Waals surface area contributed by atoms with Crippen molar-refractivity contribution >= 4 is 6.16 Å². The number of hydrogen-bond acceptors (Lipinski definition) is 2. The van der Waals surface area contributed by atoms with E-state index in [0.29, 0.717) is 5.92 Å². The Kier molecular flexibility index (Phi) is 8.90. The fourth-order valence-electron chi connectivity index (χ4n) is 3.84. The molecular weight excluding hydrogens is 336 g/mol. The Hall–Kier alpha value is -2.29. The van der Waals surface area contributed by atoms with E-state index in [4.69, 9.17) is 5.11 Å². The summed E-state index contributed by atoms with van der Waals surface area (Å²) < 4.78 is 4.67. The Labute approximate surface area is 163 Å². The Balaban J connectivity index is 2.27. The van der Waals surface area contributed by atoms with Gasteiger partial charge in [0.2, 0.25) is 0 Å². The fraction of sp³-hybridized carbons (Fsp3) is 0.458. The van der Waals surface area contributed by atoms with E-state index in [-0.39, 0.29) is 6.61 Å². The lowest BCUT2D eigenvalue weighted by Crippen LogP contribution is -2.09. The second kappa shape index (κ2) is 11.4. The number of carboxylic acid groups (broad SMARTS) is 1. The Morgan fingerprint density at radius 3 is 2.37 bits per heavy atom. The van der Waals surface area contributed by atoms with Gasteiger partial charge >= 0.3 is 6.16 Å². The van der Waals surface area contributed by atoms with Crippen molar-refractivity contribution in [2.75, 3.05) is 6.61 Å². The van der Waals surface area contributed by atoms with Gasteiger partial charge in [-0.05, 0) is 54.4 Å². The molecule has 146 valence electrons. The topological polar surface area (TPSA) is 46.5 Å². The van der Waals surface area contributed by atoms with Gasteiger partial charge in [-0.1, -0.05) is 75.2 Å². The van der Waals surface area contributed by atoms with Crippen molar-refractivity contribution in [3.8, 4) is 0 Å². The SMILES string of the molecule is CCCc1cccc(C(CCCCOC(=O)O)c2ccccc2)c1CCC. The first-order valence-electron chi connectivity index (χ1n) is 10.2. The van der Waals surface area contributed by atoms with Crippen LogP contribution in [0.2, 0.25) is 0 Å². The Morgan fingerprint density at radius 1 is 0.963 bits per heavy atom. The molecule has 0 radical (unpaired) electrons. The highest BCUT2D eigenvalue weighted by molar-refractivity contribution is 5.56. The molecule has 0 saturated heterocycles. The highest BCUT2D eigenvalue weighted by Gasteiger charge is 2.19. The van der Waals surface area contributed by atoms with Crippen LogP contribution in [0.3, 0.4) is 0 Å². The number of carbonyl (C=O) groups is 1. The van der Waals surface area contributed by atoms with Crippen LogP contribution in [0.5, 0.6) is 0 Å². The van der Waals surface area contributed by atoms with Gasteiger partial charge in [-0.2, -0.15) is 0 Å². The molecule has 0 heterocycles. The van der Waals surface area contributed by atoms with E-state index >= 15 is 0 Å². The van der Waals surface area contributed by atoms with Gasteiger partial charge < -0.3 is 9.84 Å². The van der Waals surface area contributed by atoms with Crippen LogP contribution in [-0.4, -0.2) is 17.9 Å². The highest BCUT2D eigenvalue weighted by Crippen LogP contribution is 2.34. The summed E-state index contributed by atoms with van der Waals surface area (Å²) in [6.45, 7) is 4.75. The van der Waals surface area contributed by atoms with Crippen molar-refractivity contribution in [2.45, 2.75) is 64.7 Å². The smallest absolute Gasteiger partial charge is 0.450 e. The molecule has 1 N–H and O–H groups in total. The minimum Gasteiger partial charge on any atom is -0.450 e. The summed E-state index contributed by atoms with van der Waals surface area (Å²) in [4.78, 5) is 10.5. The van der Waals surface area contributed by atoms with E-state index < -0.39 is 6.16 Å². The van der Waals surface area contributed by atoms with Gasteiger partial charge in [0.05, 0.1) is 6.61 Å². The molecule has 1 atom stereocenters. The number of benzene rings is 2. The average molecular weight is 369 g/mol. The van der Waals surface area contributed by atoms with Gasteiger partial charge in [0.25, 0.3) is 0 Å². The molecular formula is C24H32O3. The zero-order chi connectivity index (χ0) is 19.5.